The molecule has 2 rings (SSSR count). The first-order chi connectivity index (χ1) is 13.9. The zero-order valence-corrected chi connectivity index (χ0v) is 23.3. The van der Waals surface area contributed by atoms with Gasteiger partial charge in [0.05, 0.1) is 32.8 Å². The first kappa shape index (κ1) is 27.1. The third kappa shape index (κ3) is 6.05. The molecule has 31 heavy (non-hydrogen) atoms. The second-order valence-electron chi connectivity index (χ2n) is 13.8. The van der Waals surface area contributed by atoms with Gasteiger partial charge in [-0.25, -0.2) is 0 Å². The van der Waals surface area contributed by atoms with Crippen LogP contribution in [0.15, 0.2) is 0 Å². The van der Waals surface area contributed by atoms with Crippen molar-refractivity contribution in [3.8, 4) is 0 Å². The Morgan fingerprint density at radius 3 is 1.61 bits per heavy atom. The number of rotatable bonds is 8. The Bertz CT molecular complexity index is 572. The van der Waals surface area contributed by atoms with E-state index < -0.39 is 0 Å². The van der Waals surface area contributed by atoms with E-state index in [1.807, 2.05) is 7.11 Å². The number of quaternary nitrogens is 1. The minimum Gasteiger partial charge on any atom is -0.377 e. The summed E-state index contributed by atoms with van der Waals surface area (Å²) in [6.07, 6.45) is 6.55. The van der Waals surface area contributed by atoms with Gasteiger partial charge in [-0.3, -0.25) is 9.80 Å². The van der Waals surface area contributed by atoms with Crippen molar-refractivity contribution in [2.24, 2.45) is 11.3 Å². The van der Waals surface area contributed by atoms with Crippen LogP contribution < -0.4 is 0 Å². The molecule has 0 atom stereocenters. The molecule has 4 heteroatoms. The van der Waals surface area contributed by atoms with Gasteiger partial charge in [0, 0.05) is 44.1 Å². The van der Waals surface area contributed by atoms with Gasteiger partial charge in [0.15, 0.2) is 0 Å². The monoisotopic (exact) mass is 438 g/mol. The summed E-state index contributed by atoms with van der Waals surface area (Å²) in [7, 11) is 8.92. The summed E-state index contributed by atoms with van der Waals surface area (Å²) < 4.78 is 6.97. The maximum absolute atomic E-state index is 5.86. The van der Waals surface area contributed by atoms with Gasteiger partial charge in [-0.05, 0) is 85.2 Å². The van der Waals surface area contributed by atoms with Crippen LogP contribution in [0.4, 0.5) is 0 Å². The van der Waals surface area contributed by atoms with Crippen molar-refractivity contribution in [1.29, 1.82) is 0 Å². The number of methoxy groups -OCH3 is 1. The normalized spacial score (nSPS) is 22.8. The molecule has 0 aliphatic carbocycles. The highest BCUT2D eigenvalue weighted by Crippen LogP contribution is 2.44. The van der Waals surface area contributed by atoms with E-state index in [1.54, 1.807) is 0 Å². The summed E-state index contributed by atoms with van der Waals surface area (Å²) in [5.41, 5.74) is 0.544. The SMILES string of the molecule is COC(C)(C)C(C)(C)N1CCC(C(C)(C)CC(C)(C)N2CCC([N+](C)(C)C)CC2)CC1. The summed E-state index contributed by atoms with van der Waals surface area (Å²) in [5.74, 6) is 0.799. The van der Waals surface area contributed by atoms with E-state index in [1.165, 1.54) is 58.3 Å². The second kappa shape index (κ2) is 9.24. The smallest absolute Gasteiger partial charge is 0.0908 e. The first-order valence-corrected chi connectivity index (χ1v) is 12.8. The Morgan fingerprint density at radius 1 is 0.742 bits per heavy atom. The lowest BCUT2D eigenvalue weighted by atomic mass is 9.66. The number of likely N-dealkylation sites (tertiary alicyclic amines) is 2. The van der Waals surface area contributed by atoms with Gasteiger partial charge >= 0.3 is 0 Å². The van der Waals surface area contributed by atoms with Crippen LogP contribution in [0.25, 0.3) is 0 Å². The topological polar surface area (TPSA) is 15.7 Å². The maximum atomic E-state index is 5.86. The molecule has 0 N–H and O–H groups in total. The van der Waals surface area contributed by atoms with Crippen molar-refractivity contribution in [2.75, 3.05) is 54.4 Å². The zero-order valence-electron chi connectivity index (χ0n) is 23.3. The van der Waals surface area contributed by atoms with E-state index >= 15 is 0 Å². The van der Waals surface area contributed by atoms with Crippen LogP contribution in [-0.4, -0.2) is 91.4 Å². The van der Waals surface area contributed by atoms with Gasteiger partial charge < -0.3 is 9.22 Å². The van der Waals surface area contributed by atoms with Crippen LogP contribution in [0.2, 0.25) is 0 Å². The predicted octanol–water partition coefficient (Wildman–Crippen LogP) is 5.27. The maximum Gasteiger partial charge on any atom is 0.0908 e. The highest BCUT2D eigenvalue weighted by Gasteiger charge is 2.46. The molecule has 0 unspecified atom stereocenters. The Labute approximate surface area is 195 Å². The molecule has 2 aliphatic rings. The van der Waals surface area contributed by atoms with Gasteiger partial charge in [0.1, 0.15) is 0 Å². The largest absolute Gasteiger partial charge is 0.377 e. The Morgan fingerprint density at radius 2 is 1.19 bits per heavy atom. The predicted molar refractivity (Wildman–Crippen MR) is 135 cm³/mol. The van der Waals surface area contributed by atoms with Crippen molar-refractivity contribution < 1.29 is 9.22 Å². The molecule has 0 aromatic heterocycles. The quantitative estimate of drug-likeness (QED) is 0.480. The molecule has 184 valence electrons. The fourth-order valence-corrected chi connectivity index (χ4v) is 6.47. The Balaban J connectivity index is 1.96. The van der Waals surface area contributed by atoms with Crippen LogP contribution >= 0.6 is 0 Å². The molecular weight excluding hydrogens is 382 g/mol. The van der Waals surface area contributed by atoms with Crippen molar-refractivity contribution in [1.82, 2.24) is 9.80 Å². The van der Waals surface area contributed by atoms with Gasteiger partial charge in [-0.1, -0.05) is 13.8 Å². The average molecular weight is 439 g/mol. The van der Waals surface area contributed by atoms with E-state index in [0.717, 1.165) is 16.4 Å². The zero-order chi connectivity index (χ0) is 23.9. The molecule has 2 fully saturated rings. The van der Waals surface area contributed by atoms with Gasteiger partial charge in [0.25, 0.3) is 0 Å². The van der Waals surface area contributed by atoms with Crippen LogP contribution in [0.5, 0.6) is 0 Å². The summed E-state index contributed by atoms with van der Waals surface area (Å²) in [5, 5.41) is 0. The third-order valence-electron chi connectivity index (χ3n) is 9.68. The van der Waals surface area contributed by atoms with Crippen molar-refractivity contribution in [2.45, 2.75) is 110 Å². The molecule has 0 amide bonds. The number of nitrogens with zero attached hydrogens (tertiary/aromatic N) is 3. The molecule has 0 aromatic rings. The lowest BCUT2D eigenvalue weighted by molar-refractivity contribution is -0.897. The molecule has 2 saturated heterocycles. The molecule has 4 nitrogen and oxygen atoms in total. The number of piperidine rings is 2. The van der Waals surface area contributed by atoms with E-state index in [0.29, 0.717) is 5.41 Å². The van der Waals surface area contributed by atoms with E-state index in [4.69, 9.17) is 4.74 Å². The molecule has 0 spiro atoms. The summed E-state index contributed by atoms with van der Waals surface area (Å²) in [4.78, 5) is 5.46. The van der Waals surface area contributed by atoms with Crippen LogP contribution in [-0.2, 0) is 4.74 Å². The Kier molecular flexibility index (Phi) is 8.07. The summed E-state index contributed by atoms with van der Waals surface area (Å²) >= 11 is 0. The number of hydrogen-bond acceptors (Lipinski definition) is 3. The van der Waals surface area contributed by atoms with Gasteiger partial charge in [0.2, 0.25) is 0 Å². The molecule has 0 aromatic carbocycles. The van der Waals surface area contributed by atoms with Crippen LogP contribution in [0.3, 0.4) is 0 Å². The average Bonchev–Trinajstić information content (AvgIpc) is 2.66. The van der Waals surface area contributed by atoms with E-state index in [2.05, 4.69) is 86.3 Å². The fourth-order valence-electron chi connectivity index (χ4n) is 6.47. The standard InChI is InChI=1S/C27H56N3O/c1-24(2,21-25(3,4)28-19-15-23(16-20-28)30(9,10)11)22-13-17-29(18-14-22)26(5,6)27(7,8)31-12/h22-23H,13-21H2,1-12H3/q+1. The summed E-state index contributed by atoms with van der Waals surface area (Å²) in [6.45, 7) is 24.1. The third-order valence-corrected chi connectivity index (χ3v) is 9.68. The van der Waals surface area contributed by atoms with Gasteiger partial charge in [-0.2, -0.15) is 0 Å². The van der Waals surface area contributed by atoms with Gasteiger partial charge in [-0.15, -0.1) is 0 Å². The minimum absolute atomic E-state index is 0.0477. The highest BCUT2D eigenvalue weighted by atomic mass is 16.5. The minimum atomic E-state index is -0.144. The number of ether oxygens (including phenoxy) is 1. The van der Waals surface area contributed by atoms with Crippen molar-refractivity contribution in [3.63, 3.8) is 0 Å². The van der Waals surface area contributed by atoms with Crippen molar-refractivity contribution >= 4 is 0 Å². The lowest BCUT2D eigenvalue weighted by Crippen LogP contribution is -2.61. The summed E-state index contributed by atoms with van der Waals surface area (Å²) in [6, 6.07) is 0.809. The Hall–Kier alpha value is -0.160. The highest BCUT2D eigenvalue weighted by molar-refractivity contribution is 5.00. The van der Waals surface area contributed by atoms with Crippen LogP contribution in [0.1, 0.15) is 87.5 Å². The molecule has 0 saturated carbocycles. The molecule has 0 radical (unpaired) electrons. The first-order valence-electron chi connectivity index (χ1n) is 12.8. The molecule has 0 bridgehead atoms. The molecule has 2 heterocycles. The molecule has 2 aliphatic heterocycles. The van der Waals surface area contributed by atoms with E-state index in [9.17, 15) is 0 Å². The van der Waals surface area contributed by atoms with Crippen molar-refractivity contribution in [3.05, 3.63) is 0 Å². The number of hydrogen-bond donors (Lipinski definition) is 0. The molecular formula is C27H56N3O+. The van der Waals surface area contributed by atoms with Crippen LogP contribution in [0, 0.1) is 11.3 Å². The fraction of sp³-hybridized carbons (Fsp3) is 1.00. The lowest BCUT2D eigenvalue weighted by Gasteiger charge is -2.53. The van der Waals surface area contributed by atoms with E-state index in [-0.39, 0.29) is 16.7 Å². The second-order valence-corrected chi connectivity index (χ2v) is 13.8.